The highest BCUT2D eigenvalue weighted by atomic mass is 35.5. The van der Waals surface area contributed by atoms with Crippen LogP contribution in [0.3, 0.4) is 0 Å². The second-order valence-corrected chi connectivity index (χ2v) is 4.12. The van der Waals surface area contributed by atoms with Gasteiger partial charge in [0.1, 0.15) is 5.82 Å². The molecule has 0 aliphatic carbocycles. The normalized spacial score (nSPS) is 10.3. The Bertz CT molecular complexity index is 586. The Morgan fingerprint density at radius 3 is 2.59 bits per heavy atom. The van der Waals surface area contributed by atoms with Gasteiger partial charge in [-0.1, -0.05) is 23.2 Å². The van der Waals surface area contributed by atoms with Crippen molar-refractivity contribution in [2.75, 3.05) is 0 Å². The van der Waals surface area contributed by atoms with Gasteiger partial charge < -0.3 is 0 Å². The summed E-state index contributed by atoms with van der Waals surface area (Å²) in [6.45, 7) is 0. The van der Waals surface area contributed by atoms with Crippen molar-refractivity contribution in [3.63, 3.8) is 0 Å². The molecule has 1 aromatic heterocycles. The van der Waals surface area contributed by atoms with Gasteiger partial charge in [-0.2, -0.15) is 0 Å². The quantitative estimate of drug-likeness (QED) is 0.778. The first kappa shape index (κ1) is 12.0. The fourth-order valence-electron chi connectivity index (χ4n) is 1.38. The van der Waals surface area contributed by atoms with E-state index >= 15 is 0 Å². The Balaban J connectivity index is 2.51. The number of ketones is 1. The lowest BCUT2D eigenvalue weighted by molar-refractivity contribution is 0.103. The predicted octanol–water partition coefficient (Wildman–Crippen LogP) is 3.76. The smallest absolute Gasteiger partial charge is 0.196 e. The molecule has 2 nitrogen and oxygen atoms in total. The highest BCUT2D eigenvalue weighted by Crippen LogP contribution is 2.23. The fourth-order valence-corrected chi connectivity index (χ4v) is 1.78. The number of hydrogen-bond acceptors (Lipinski definition) is 2. The number of nitrogens with zero attached hydrogens (tertiary/aromatic N) is 1. The summed E-state index contributed by atoms with van der Waals surface area (Å²) in [5.41, 5.74) is 0.328. The zero-order valence-electron chi connectivity index (χ0n) is 8.45. The Labute approximate surface area is 107 Å². The minimum Gasteiger partial charge on any atom is -0.288 e. The second kappa shape index (κ2) is 4.82. The van der Waals surface area contributed by atoms with E-state index in [2.05, 4.69) is 4.98 Å². The molecule has 0 bridgehead atoms. The van der Waals surface area contributed by atoms with Crippen molar-refractivity contribution in [1.29, 1.82) is 0 Å². The molecule has 0 spiro atoms. The van der Waals surface area contributed by atoms with Crippen molar-refractivity contribution in [1.82, 2.24) is 4.98 Å². The van der Waals surface area contributed by atoms with Gasteiger partial charge in [0.05, 0.1) is 10.0 Å². The van der Waals surface area contributed by atoms with E-state index in [0.29, 0.717) is 0 Å². The summed E-state index contributed by atoms with van der Waals surface area (Å²) in [7, 11) is 0. The summed E-state index contributed by atoms with van der Waals surface area (Å²) >= 11 is 11.7. The molecule has 1 heterocycles. The van der Waals surface area contributed by atoms with Crippen LogP contribution < -0.4 is 0 Å². The molecule has 0 N–H and O–H groups in total. The number of halogens is 3. The summed E-state index contributed by atoms with van der Waals surface area (Å²) in [6, 6.07) is 5.07. The summed E-state index contributed by atoms with van der Waals surface area (Å²) < 4.78 is 13.1. The largest absolute Gasteiger partial charge is 0.288 e. The molecule has 0 amide bonds. The second-order valence-electron chi connectivity index (χ2n) is 3.31. The van der Waals surface area contributed by atoms with Crippen molar-refractivity contribution in [2.45, 2.75) is 0 Å². The minimum absolute atomic E-state index is 0.0831. The van der Waals surface area contributed by atoms with E-state index in [1.54, 1.807) is 0 Å². The molecule has 0 unspecified atom stereocenters. The molecule has 0 aliphatic heterocycles. The number of carbonyl (C=O) groups excluding carboxylic acids is 1. The first-order valence-electron chi connectivity index (χ1n) is 4.69. The number of rotatable bonds is 2. The first-order chi connectivity index (χ1) is 8.09. The van der Waals surface area contributed by atoms with Crippen LogP contribution in [0.15, 0.2) is 36.7 Å². The number of carbonyl (C=O) groups is 1. The van der Waals surface area contributed by atoms with E-state index in [1.807, 2.05) is 0 Å². The topological polar surface area (TPSA) is 30.0 Å². The Hall–Kier alpha value is -1.45. The predicted molar refractivity (Wildman–Crippen MR) is 64.1 cm³/mol. The Kier molecular flexibility index (Phi) is 3.41. The van der Waals surface area contributed by atoms with Gasteiger partial charge in [0, 0.05) is 23.5 Å². The van der Waals surface area contributed by atoms with Crippen LogP contribution in [0.25, 0.3) is 0 Å². The molecule has 0 aliphatic rings. The summed E-state index contributed by atoms with van der Waals surface area (Å²) in [5, 5.41) is 0.391. The number of hydrogen-bond donors (Lipinski definition) is 0. The van der Waals surface area contributed by atoms with Gasteiger partial charge in [-0.25, -0.2) is 4.39 Å². The van der Waals surface area contributed by atoms with E-state index in [4.69, 9.17) is 23.2 Å². The van der Waals surface area contributed by atoms with Crippen LogP contribution in [0, 0.1) is 5.82 Å². The van der Waals surface area contributed by atoms with Gasteiger partial charge in [-0.15, -0.1) is 0 Å². The molecular formula is C12H6Cl2FNO. The maximum atomic E-state index is 13.1. The molecule has 5 heteroatoms. The van der Waals surface area contributed by atoms with E-state index in [-0.39, 0.29) is 21.2 Å². The summed E-state index contributed by atoms with van der Waals surface area (Å²) in [5.74, 6) is -0.954. The van der Waals surface area contributed by atoms with Crippen molar-refractivity contribution in [2.24, 2.45) is 0 Å². The number of aromatic nitrogens is 1. The lowest BCUT2D eigenvalue weighted by Crippen LogP contribution is -2.04. The SMILES string of the molecule is O=C(c1ccncc1Cl)c1cc(F)ccc1Cl. The number of benzene rings is 1. The van der Waals surface area contributed by atoms with Crippen LogP contribution in [0.2, 0.25) is 10.0 Å². The molecule has 0 fully saturated rings. The third kappa shape index (κ3) is 2.46. The van der Waals surface area contributed by atoms with Crippen molar-refractivity contribution >= 4 is 29.0 Å². The zero-order chi connectivity index (χ0) is 12.4. The minimum atomic E-state index is -0.525. The Morgan fingerprint density at radius 1 is 1.12 bits per heavy atom. The molecule has 0 saturated heterocycles. The fraction of sp³-hybridized carbons (Fsp3) is 0. The van der Waals surface area contributed by atoms with Crippen LogP contribution in [0.5, 0.6) is 0 Å². The first-order valence-corrected chi connectivity index (χ1v) is 5.44. The molecule has 0 atom stereocenters. The molecule has 2 aromatic rings. The van der Waals surface area contributed by atoms with E-state index in [1.165, 1.54) is 30.6 Å². The monoisotopic (exact) mass is 269 g/mol. The Morgan fingerprint density at radius 2 is 1.88 bits per heavy atom. The summed E-state index contributed by atoms with van der Waals surface area (Å²) in [4.78, 5) is 15.8. The van der Waals surface area contributed by atoms with Gasteiger partial charge >= 0.3 is 0 Å². The van der Waals surface area contributed by atoms with Gasteiger partial charge in [-0.3, -0.25) is 9.78 Å². The highest BCUT2D eigenvalue weighted by Gasteiger charge is 2.16. The molecular weight excluding hydrogens is 264 g/mol. The maximum absolute atomic E-state index is 13.1. The molecule has 1 aromatic carbocycles. The third-order valence-electron chi connectivity index (χ3n) is 2.19. The number of pyridine rings is 1. The molecule has 0 saturated carbocycles. The molecule has 86 valence electrons. The highest BCUT2D eigenvalue weighted by molar-refractivity contribution is 6.38. The van der Waals surface area contributed by atoms with Crippen LogP contribution in [0.4, 0.5) is 4.39 Å². The lowest BCUT2D eigenvalue weighted by Gasteiger charge is -2.05. The van der Waals surface area contributed by atoms with E-state index in [0.717, 1.165) is 6.07 Å². The third-order valence-corrected chi connectivity index (χ3v) is 2.82. The molecule has 2 rings (SSSR count). The standard InChI is InChI=1S/C12H6Cl2FNO/c13-10-2-1-7(15)5-9(10)12(17)8-3-4-16-6-11(8)14/h1-6H. The van der Waals surface area contributed by atoms with Gasteiger partial charge in [0.2, 0.25) is 0 Å². The zero-order valence-corrected chi connectivity index (χ0v) is 9.97. The van der Waals surface area contributed by atoms with Crippen molar-refractivity contribution in [3.8, 4) is 0 Å². The van der Waals surface area contributed by atoms with Crippen LogP contribution >= 0.6 is 23.2 Å². The van der Waals surface area contributed by atoms with Crippen LogP contribution in [-0.2, 0) is 0 Å². The molecule has 0 radical (unpaired) electrons. The van der Waals surface area contributed by atoms with Gasteiger partial charge in [-0.05, 0) is 24.3 Å². The average molecular weight is 270 g/mol. The van der Waals surface area contributed by atoms with Crippen LogP contribution in [-0.4, -0.2) is 10.8 Å². The van der Waals surface area contributed by atoms with Gasteiger partial charge in [0.15, 0.2) is 5.78 Å². The van der Waals surface area contributed by atoms with Crippen molar-refractivity contribution < 1.29 is 9.18 Å². The van der Waals surface area contributed by atoms with Gasteiger partial charge in [0.25, 0.3) is 0 Å². The van der Waals surface area contributed by atoms with Crippen LogP contribution in [0.1, 0.15) is 15.9 Å². The van der Waals surface area contributed by atoms with E-state index < -0.39 is 11.6 Å². The average Bonchev–Trinajstić information content (AvgIpc) is 2.32. The molecule has 17 heavy (non-hydrogen) atoms. The maximum Gasteiger partial charge on any atom is 0.196 e. The van der Waals surface area contributed by atoms with Crippen molar-refractivity contribution in [3.05, 3.63) is 63.6 Å². The lowest BCUT2D eigenvalue weighted by atomic mass is 10.0. The van der Waals surface area contributed by atoms with E-state index in [9.17, 15) is 9.18 Å². The summed E-state index contributed by atoms with van der Waals surface area (Å²) in [6.07, 6.45) is 2.79.